The highest BCUT2D eigenvalue weighted by molar-refractivity contribution is 9.11. The molecule has 2 aromatic rings. The Morgan fingerprint density at radius 1 is 1.40 bits per heavy atom. The number of phenols is 1. The van der Waals surface area contributed by atoms with Crippen LogP contribution in [0.1, 0.15) is 5.56 Å². The molecule has 0 heterocycles. The second kappa shape index (κ2) is 8.66. The number of phenolic OH excluding ortho intramolecular Hbond substituents is 1. The van der Waals surface area contributed by atoms with E-state index in [1.54, 1.807) is 30.3 Å². The highest BCUT2D eigenvalue weighted by Crippen LogP contribution is 2.41. The fourth-order valence-electron chi connectivity index (χ4n) is 1.94. The van der Waals surface area contributed by atoms with Crippen LogP contribution in [-0.2, 0) is 4.79 Å². The van der Waals surface area contributed by atoms with E-state index >= 15 is 0 Å². The summed E-state index contributed by atoms with van der Waals surface area (Å²) in [6, 6.07) is 8.17. The van der Waals surface area contributed by atoms with Crippen LogP contribution in [0, 0.1) is 0 Å². The number of ether oxygens (including phenoxy) is 1. The van der Waals surface area contributed by atoms with Crippen LogP contribution in [0.4, 0.5) is 5.69 Å². The van der Waals surface area contributed by atoms with Crippen LogP contribution in [0.25, 0.3) is 0 Å². The van der Waals surface area contributed by atoms with Crippen LogP contribution in [0.15, 0.2) is 44.3 Å². The molecule has 0 aromatic heterocycles. The van der Waals surface area contributed by atoms with Gasteiger partial charge in [-0.15, -0.1) is 0 Å². The summed E-state index contributed by atoms with van der Waals surface area (Å²) in [5.41, 5.74) is 0.921. The van der Waals surface area contributed by atoms with Gasteiger partial charge >= 0.3 is 0 Å². The van der Waals surface area contributed by atoms with Gasteiger partial charge in [0.2, 0.25) is 0 Å². The molecule has 25 heavy (non-hydrogen) atoms. The molecule has 0 radical (unpaired) electrons. The Kier molecular flexibility index (Phi) is 6.83. The van der Waals surface area contributed by atoms with Crippen LogP contribution in [0.3, 0.4) is 0 Å². The molecule has 0 bridgehead atoms. The fraction of sp³-hybridized carbons (Fsp3) is 0.125. The number of carbonyl (C=O) groups excluding carboxylic acids is 1. The molecule has 0 aliphatic heterocycles. The van der Waals surface area contributed by atoms with Crippen LogP contribution in [0.2, 0.25) is 5.02 Å². The van der Waals surface area contributed by atoms with Gasteiger partial charge in [0.25, 0.3) is 5.91 Å². The van der Waals surface area contributed by atoms with Gasteiger partial charge in [-0.2, -0.15) is 0 Å². The van der Waals surface area contributed by atoms with Crippen molar-refractivity contribution in [2.24, 2.45) is 10.8 Å². The average molecular weight is 492 g/mol. The second-order valence-corrected chi connectivity index (χ2v) is 6.94. The first kappa shape index (κ1) is 19.7. The smallest absolute Gasteiger partial charge is 0.262 e. The van der Waals surface area contributed by atoms with Crippen molar-refractivity contribution in [1.82, 2.24) is 0 Å². The molecule has 0 unspecified atom stereocenters. The zero-order chi connectivity index (χ0) is 18.6. The summed E-state index contributed by atoms with van der Waals surface area (Å²) in [7, 11) is 1.49. The zero-order valence-corrected chi connectivity index (χ0v) is 17.0. The van der Waals surface area contributed by atoms with E-state index in [9.17, 15) is 9.90 Å². The minimum absolute atomic E-state index is 0.0430. The lowest BCUT2D eigenvalue weighted by atomic mass is 10.2. The van der Waals surface area contributed by atoms with E-state index in [1.165, 1.54) is 13.3 Å². The Bertz CT molecular complexity index is 813. The summed E-state index contributed by atoms with van der Waals surface area (Å²) in [6.45, 7) is -0.181. The summed E-state index contributed by atoms with van der Waals surface area (Å²) in [6.07, 6.45) is 1.39. The Labute approximate surface area is 166 Å². The number of hydrazine groups is 1. The Morgan fingerprint density at radius 3 is 2.64 bits per heavy atom. The molecule has 3 N–H and O–H groups in total. The predicted octanol–water partition coefficient (Wildman–Crippen LogP) is 3.91. The Balaban J connectivity index is 2.10. The van der Waals surface area contributed by atoms with Crippen molar-refractivity contribution in [3.63, 3.8) is 0 Å². The summed E-state index contributed by atoms with van der Waals surface area (Å²) in [5, 5.41) is 11.7. The molecule has 0 fully saturated rings. The van der Waals surface area contributed by atoms with Crippen molar-refractivity contribution >= 4 is 61.3 Å². The third kappa shape index (κ3) is 4.72. The number of aliphatic imine (C=N–C) groups is 1. The maximum Gasteiger partial charge on any atom is 0.262 e. The number of halogens is 3. The molecule has 0 saturated carbocycles. The normalized spacial score (nSPS) is 10.9. The van der Waals surface area contributed by atoms with Gasteiger partial charge in [-0.1, -0.05) is 11.6 Å². The molecule has 6 nitrogen and oxygen atoms in total. The summed E-state index contributed by atoms with van der Waals surface area (Å²) < 4.78 is 6.18. The number of nitrogens with zero attached hydrogens (tertiary/aromatic N) is 2. The van der Waals surface area contributed by atoms with Gasteiger partial charge in [0, 0.05) is 16.8 Å². The topological polar surface area (TPSA) is 88.2 Å². The third-order valence-corrected chi connectivity index (χ3v) is 4.79. The first-order valence-electron chi connectivity index (χ1n) is 6.93. The van der Waals surface area contributed by atoms with E-state index in [0.29, 0.717) is 31.0 Å². The molecule has 0 saturated heterocycles. The molecule has 0 aliphatic rings. The van der Waals surface area contributed by atoms with E-state index in [1.807, 2.05) is 0 Å². The lowest BCUT2D eigenvalue weighted by Crippen LogP contribution is -2.39. The number of carbonyl (C=O) groups is 1. The Hall–Kier alpha value is -1.61. The van der Waals surface area contributed by atoms with Gasteiger partial charge in [0.05, 0.1) is 17.3 Å². The molecule has 1 amide bonds. The molecule has 9 heteroatoms. The predicted molar refractivity (Wildman–Crippen MR) is 106 cm³/mol. The number of hydrogen-bond donors (Lipinski definition) is 2. The lowest BCUT2D eigenvalue weighted by Gasteiger charge is -2.15. The van der Waals surface area contributed by atoms with Crippen molar-refractivity contribution in [3.05, 3.63) is 49.9 Å². The summed E-state index contributed by atoms with van der Waals surface area (Å²) in [5.74, 6) is 5.77. The molecular formula is C16H14Br2ClN3O3. The first-order chi connectivity index (χ1) is 11.8. The van der Waals surface area contributed by atoms with Gasteiger partial charge in [0.15, 0.2) is 5.75 Å². The van der Waals surface area contributed by atoms with Crippen LogP contribution >= 0.6 is 43.5 Å². The van der Waals surface area contributed by atoms with Crippen LogP contribution in [-0.4, -0.2) is 30.9 Å². The number of methoxy groups -OCH3 is 1. The highest BCUT2D eigenvalue weighted by Gasteiger charge is 2.15. The number of nitrogens with two attached hydrogens (primary N) is 1. The average Bonchev–Trinajstić information content (AvgIpc) is 2.59. The highest BCUT2D eigenvalue weighted by atomic mass is 79.9. The largest absolute Gasteiger partial charge is 0.506 e. The molecule has 132 valence electrons. The minimum atomic E-state index is -0.412. The molecular weight excluding hydrogens is 477 g/mol. The minimum Gasteiger partial charge on any atom is -0.506 e. The lowest BCUT2D eigenvalue weighted by molar-refractivity contribution is -0.117. The van der Waals surface area contributed by atoms with Gasteiger partial charge in [-0.25, -0.2) is 10.9 Å². The summed E-state index contributed by atoms with van der Waals surface area (Å²) in [4.78, 5) is 16.1. The summed E-state index contributed by atoms with van der Waals surface area (Å²) >= 11 is 12.4. The Morgan fingerprint density at radius 2 is 2.04 bits per heavy atom. The van der Waals surface area contributed by atoms with E-state index in [4.69, 9.17) is 22.2 Å². The molecule has 2 aromatic carbocycles. The number of benzene rings is 2. The van der Waals surface area contributed by atoms with E-state index in [-0.39, 0.29) is 12.3 Å². The first-order valence-corrected chi connectivity index (χ1v) is 8.89. The van der Waals surface area contributed by atoms with Gasteiger partial charge in [-0.3, -0.25) is 9.79 Å². The van der Waals surface area contributed by atoms with Gasteiger partial charge < -0.3 is 9.84 Å². The van der Waals surface area contributed by atoms with Gasteiger partial charge in [0.1, 0.15) is 16.8 Å². The molecule has 2 rings (SSSR count). The van der Waals surface area contributed by atoms with Crippen LogP contribution < -0.4 is 15.6 Å². The fourth-order valence-corrected chi connectivity index (χ4v) is 3.54. The van der Waals surface area contributed by atoms with Crippen molar-refractivity contribution in [2.45, 2.75) is 0 Å². The number of anilines is 1. The van der Waals surface area contributed by atoms with E-state index in [2.05, 4.69) is 36.9 Å². The van der Waals surface area contributed by atoms with E-state index in [0.717, 1.165) is 5.01 Å². The van der Waals surface area contributed by atoms with Crippen LogP contribution in [0.5, 0.6) is 11.5 Å². The van der Waals surface area contributed by atoms with Crippen molar-refractivity contribution in [2.75, 3.05) is 18.7 Å². The number of hydrogen-bond acceptors (Lipinski definition) is 5. The second-order valence-electron chi connectivity index (χ2n) is 4.85. The quantitative estimate of drug-likeness (QED) is 0.287. The molecule has 0 spiro atoms. The van der Waals surface area contributed by atoms with Crippen molar-refractivity contribution in [1.29, 1.82) is 0 Å². The number of rotatable bonds is 5. The standard InChI is InChI=1S/C16H14Br2ClN3O3/c1-25-16-12(17)6-9(15(24)14(16)18)7-21-8-13(23)22(20)11-4-2-10(19)3-5-11/h2-7,24H,8,20H2,1H3. The zero-order valence-electron chi connectivity index (χ0n) is 13.0. The SMILES string of the molecule is COc1c(Br)cc(C=NCC(=O)N(N)c2ccc(Cl)cc2)c(O)c1Br. The van der Waals surface area contributed by atoms with E-state index < -0.39 is 5.91 Å². The maximum atomic E-state index is 12.1. The molecule has 0 aliphatic carbocycles. The molecule has 0 atom stereocenters. The monoisotopic (exact) mass is 489 g/mol. The third-order valence-electron chi connectivity index (χ3n) is 3.21. The van der Waals surface area contributed by atoms with Crippen molar-refractivity contribution < 1.29 is 14.6 Å². The number of amides is 1. The maximum absolute atomic E-state index is 12.1. The number of aromatic hydroxyl groups is 1. The van der Waals surface area contributed by atoms with Gasteiger partial charge in [-0.05, 0) is 62.2 Å². The van der Waals surface area contributed by atoms with Crippen molar-refractivity contribution in [3.8, 4) is 11.5 Å².